The number of rotatable bonds is 42. The minimum absolute atomic E-state index is 0.322. The van der Waals surface area contributed by atoms with E-state index in [4.69, 9.17) is 4.74 Å². The van der Waals surface area contributed by atoms with Crippen LogP contribution in [-0.4, -0.2) is 11.9 Å². The van der Waals surface area contributed by atoms with Crippen LogP contribution in [0.4, 0.5) is 0 Å². The van der Waals surface area contributed by atoms with Gasteiger partial charge in [0.25, 0.3) is 0 Å². The lowest BCUT2D eigenvalue weighted by Gasteiger charge is -2.25. The highest BCUT2D eigenvalue weighted by molar-refractivity contribution is 5.85. The van der Waals surface area contributed by atoms with E-state index in [1.807, 2.05) is 0 Å². The van der Waals surface area contributed by atoms with Crippen molar-refractivity contribution in [3.63, 3.8) is 0 Å². The third-order valence-electron chi connectivity index (χ3n) is 13.2. The molecule has 0 aromatic rings. The van der Waals surface area contributed by atoms with E-state index in [1.54, 1.807) is 0 Å². The Bertz CT molecular complexity index is 776. The van der Waals surface area contributed by atoms with Crippen molar-refractivity contribution in [2.24, 2.45) is 22.7 Å². The average molecular weight is 775 g/mol. The van der Waals surface area contributed by atoms with Gasteiger partial charge in [0.15, 0.2) is 0 Å². The summed E-state index contributed by atoms with van der Waals surface area (Å²) in [4.78, 5) is 24.2. The predicted molar refractivity (Wildman–Crippen MR) is 244 cm³/mol. The summed E-state index contributed by atoms with van der Waals surface area (Å²) in [6, 6.07) is 0. The first-order chi connectivity index (χ1) is 26.4. The van der Waals surface area contributed by atoms with Crippen molar-refractivity contribution < 1.29 is 14.3 Å². The van der Waals surface area contributed by atoms with Crippen LogP contribution in [-0.2, 0) is 14.3 Å². The fourth-order valence-electron chi connectivity index (χ4n) is 8.38. The Balaban J connectivity index is 3.42. The molecule has 328 valence electrons. The summed E-state index contributed by atoms with van der Waals surface area (Å²) < 4.78 is 5.08. The van der Waals surface area contributed by atoms with E-state index < -0.39 is 0 Å². The molecule has 0 fully saturated rings. The van der Waals surface area contributed by atoms with Crippen molar-refractivity contribution in [3.05, 3.63) is 0 Å². The van der Waals surface area contributed by atoms with Crippen molar-refractivity contribution in [2.75, 3.05) is 0 Å². The number of carbonyl (C=O) groups excluding carboxylic acids is 2. The molecule has 0 aliphatic carbocycles. The monoisotopic (exact) mass is 775 g/mol. The van der Waals surface area contributed by atoms with E-state index in [1.165, 1.54) is 205 Å². The lowest BCUT2D eigenvalue weighted by Crippen LogP contribution is -2.11. The van der Waals surface area contributed by atoms with Gasteiger partial charge >= 0.3 is 11.9 Å². The molecule has 55 heavy (non-hydrogen) atoms. The first-order valence-electron chi connectivity index (χ1n) is 25.1. The summed E-state index contributed by atoms with van der Waals surface area (Å²) in [5.41, 5.74) is 1.05. The largest absolute Gasteiger partial charge is 0.393 e. The van der Waals surface area contributed by atoms with Gasteiger partial charge in [0.1, 0.15) is 0 Å². The van der Waals surface area contributed by atoms with Gasteiger partial charge in [-0.25, -0.2) is 0 Å². The smallest absolute Gasteiger partial charge is 0.313 e. The Kier molecular flexibility index (Phi) is 36.8. The van der Waals surface area contributed by atoms with Crippen molar-refractivity contribution in [1.82, 2.24) is 0 Å². The summed E-state index contributed by atoms with van der Waals surface area (Å²) in [7, 11) is 0. The van der Waals surface area contributed by atoms with Crippen molar-refractivity contribution in [1.29, 1.82) is 0 Å². The Morgan fingerprint density at radius 1 is 0.364 bits per heavy atom. The zero-order chi connectivity index (χ0) is 40.9. The van der Waals surface area contributed by atoms with E-state index in [-0.39, 0.29) is 11.9 Å². The fraction of sp³-hybridized carbons (Fsp3) is 0.962. The molecule has 0 saturated heterocycles. The molecule has 0 aliphatic heterocycles. The van der Waals surface area contributed by atoms with Crippen LogP contribution in [0.2, 0.25) is 0 Å². The molecule has 0 aromatic heterocycles. The van der Waals surface area contributed by atoms with Crippen LogP contribution in [0.3, 0.4) is 0 Å². The maximum Gasteiger partial charge on any atom is 0.313 e. The van der Waals surface area contributed by atoms with Gasteiger partial charge in [0.05, 0.1) is 0 Å². The lowest BCUT2D eigenvalue weighted by atomic mass is 9.81. The second-order valence-electron chi connectivity index (χ2n) is 20.2. The van der Waals surface area contributed by atoms with Gasteiger partial charge in [0.2, 0.25) is 0 Å². The molecular weight excluding hydrogens is 673 g/mol. The number of carbonyl (C=O) groups is 2. The van der Waals surface area contributed by atoms with Crippen LogP contribution in [0.5, 0.6) is 0 Å². The van der Waals surface area contributed by atoms with Crippen LogP contribution in [0, 0.1) is 22.7 Å². The highest BCUT2D eigenvalue weighted by atomic mass is 16.6. The zero-order valence-corrected chi connectivity index (χ0v) is 39.2. The van der Waals surface area contributed by atoms with Crippen LogP contribution in [0.1, 0.15) is 299 Å². The molecule has 0 saturated carbocycles. The van der Waals surface area contributed by atoms with E-state index in [0.29, 0.717) is 23.7 Å². The molecule has 3 heteroatoms. The number of hydrogen-bond donors (Lipinski definition) is 0. The van der Waals surface area contributed by atoms with Crippen molar-refractivity contribution in [3.8, 4) is 0 Å². The molecule has 0 aliphatic rings. The highest BCUT2D eigenvalue weighted by Crippen LogP contribution is 2.32. The van der Waals surface area contributed by atoms with Crippen LogP contribution >= 0.6 is 0 Å². The third-order valence-corrected chi connectivity index (χ3v) is 13.2. The molecule has 0 bridgehead atoms. The lowest BCUT2D eigenvalue weighted by molar-refractivity contribution is -0.159. The molecule has 0 N–H and O–H groups in total. The first-order valence-corrected chi connectivity index (χ1v) is 25.1. The Morgan fingerprint density at radius 3 is 0.836 bits per heavy atom. The molecule has 2 atom stereocenters. The summed E-state index contributed by atoms with van der Waals surface area (Å²) >= 11 is 0. The number of ether oxygens (including phenoxy) is 1. The molecule has 0 heterocycles. The molecular formula is C52H102O3. The zero-order valence-electron chi connectivity index (χ0n) is 39.2. The SMILES string of the molecule is CCC(C)CCCC(C)(C)CCCCCCCCCCCCCCCC(=O)OC(=O)CCCCCCCCCCCCCCCC(C)(C)CCCC(C)CC. The van der Waals surface area contributed by atoms with Gasteiger partial charge in [-0.05, 0) is 61.2 Å². The van der Waals surface area contributed by atoms with Gasteiger partial charge in [-0.2, -0.15) is 0 Å². The maximum absolute atomic E-state index is 12.1. The molecule has 3 nitrogen and oxygen atoms in total. The van der Waals surface area contributed by atoms with Gasteiger partial charge in [-0.3, -0.25) is 9.59 Å². The normalized spacial score (nSPS) is 13.3. The van der Waals surface area contributed by atoms with Crippen molar-refractivity contribution >= 4 is 11.9 Å². The summed E-state index contributed by atoms with van der Waals surface area (Å²) in [6.07, 6.45) is 48.2. The standard InChI is InChI=1S/C52H102O3/c1-9-47(3)39-37-45-51(5,6)43-35-31-27-23-19-15-11-13-17-21-25-29-33-41-49(53)55-50(54)42-34-30-26-22-18-14-12-16-20-24-28-32-36-44-52(7,8)46-38-40-48(4)10-2/h47-48H,9-46H2,1-8H3. The van der Waals surface area contributed by atoms with Gasteiger partial charge < -0.3 is 4.74 Å². The Labute approximate surface area is 347 Å². The molecule has 0 spiro atoms. The van der Waals surface area contributed by atoms with Crippen molar-refractivity contribution in [2.45, 2.75) is 299 Å². The minimum atomic E-state index is -0.322. The summed E-state index contributed by atoms with van der Waals surface area (Å²) in [6.45, 7) is 19.3. The van der Waals surface area contributed by atoms with E-state index in [0.717, 1.165) is 37.5 Å². The predicted octanol–water partition coefficient (Wildman–Crippen LogP) is 18.2. The Morgan fingerprint density at radius 2 is 0.582 bits per heavy atom. The summed E-state index contributed by atoms with van der Waals surface area (Å²) in [5, 5.41) is 0. The summed E-state index contributed by atoms with van der Waals surface area (Å²) in [5.74, 6) is 1.14. The quantitative estimate of drug-likeness (QED) is 0.0352. The fourth-order valence-corrected chi connectivity index (χ4v) is 8.38. The maximum atomic E-state index is 12.1. The molecule has 0 amide bonds. The topological polar surface area (TPSA) is 43.4 Å². The van der Waals surface area contributed by atoms with Gasteiger partial charge in [-0.15, -0.1) is 0 Å². The second kappa shape index (κ2) is 37.4. The van der Waals surface area contributed by atoms with Crippen LogP contribution < -0.4 is 0 Å². The van der Waals surface area contributed by atoms with Crippen LogP contribution in [0.15, 0.2) is 0 Å². The minimum Gasteiger partial charge on any atom is -0.393 e. The third kappa shape index (κ3) is 39.7. The molecule has 2 unspecified atom stereocenters. The molecule has 0 radical (unpaired) electrons. The number of unbranched alkanes of at least 4 members (excludes halogenated alkanes) is 24. The highest BCUT2D eigenvalue weighted by Gasteiger charge is 2.18. The second-order valence-corrected chi connectivity index (χ2v) is 20.2. The van der Waals surface area contributed by atoms with E-state index in [9.17, 15) is 9.59 Å². The van der Waals surface area contributed by atoms with Gasteiger partial charge in [-0.1, -0.05) is 248 Å². The number of hydrogen-bond acceptors (Lipinski definition) is 3. The van der Waals surface area contributed by atoms with Crippen LogP contribution in [0.25, 0.3) is 0 Å². The number of esters is 2. The molecule has 0 aromatic carbocycles. The van der Waals surface area contributed by atoms with E-state index in [2.05, 4.69) is 55.4 Å². The average Bonchev–Trinajstić information content (AvgIpc) is 3.14. The first kappa shape index (κ1) is 54.1. The van der Waals surface area contributed by atoms with E-state index >= 15 is 0 Å². The molecule has 0 rings (SSSR count). The van der Waals surface area contributed by atoms with Gasteiger partial charge in [0, 0.05) is 12.8 Å². The Hall–Kier alpha value is -0.860.